The molecular weight excluding hydrogens is 769 g/mol. The van der Waals surface area contributed by atoms with Crippen LogP contribution in [-0.2, 0) is 28.6 Å². The molecule has 0 bridgehead atoms. The predicted octanol–water partition coefficient (Wildman–Crippen LogP) is 18.1. The summed E-state index contributed by atoms with van der Waals surface area (Å²) >= 11 is 0. The van der Waals surface area contributed by atoms with E-state index in [-0.39, 0.29) is 31.1 Å². The van der Waals surface area contributed by atoms with Crippen molar-refractivity contribution in [3.63, 3.8) is 0 Å². The van der Waals surface area contributed by atoms with E-state index < -0.39 is 6.10 Å². The van der Waals surface area contributed by atoms with Gasteiger partial charge in [-0.1, -0.05) is 272 Å². The average molecular weight is 877 g/mol. The monoisotopic (exact) mass is 877 g/mol. The minimum absolute atomic E-state index is 0.0635. The summed E-state index contributed by atoms with van der Waals surface area (Å²) in [5, 5.41) is 0. The summed E-state index contributed by atoms with van der Waals surface area (Å²) < 4.78 is 16.8. The van der Waals surface area contributed by atoms with Crippen LogP contribution in [-0.4, -0.2) is 37.2 Å². The van der Waals surface area contributed by atoms with Crippen LogP contribution in [0.4, 0.5) is 0 Å². The molecule has 0 N–H and O–H groups in total. The molecule has 0 aromatic carbocycles. The smallest absolute Gasteiger partial charge is 0.306 e. The van der Waals surface area contributed by atoms with Crippen LogP contribution in [0.1, 0.15) is 311 Å². The highest BCUT2D eigenvalue weighted by Gasteiger charge is 2.19. The molecule has 1 unspecified atom stereocenters. The Morgan fingerprint density at radius 2 is 0.613 bits per heavy atom. The lowest BCUT2D eigenvalue weighted by molar-refractivity contribution is -0.167. The maximum atomic E-state index is 12.8. The zero-order valence-corrected chi connectivity index (χ0v) is 42.5. The van der Waals surface area contributed by atoms with Crippen molar-refractivity contribution in [1.29, 1.82) is 0 Å². The van der Waals surface area contributed by atoms with Crippen molar-refractivity contribution in [1.82, 2.24) is 0 Å². The summed E-state index contributed by atoms with van der Waals surface area (Å²) in [7, 11) is 0. The first-order chi connectivity index (χ1) is 30.3. The van der Waals surface area contributed by atoms with Crippen molar-refractivity contribution in [2.75, 3.05) is 13.2 Å². The summed E-state index contributed by atoms with van der Waals surface area (Å²) in [6.45, 7) is 11.4. The predicted molar refractivity (Wildman–Crippen MR) is 266 cm³/mol. The van der Waals surface area contributed by atoms with Gasteiger partial charge in [0.25, 0.3) is 0 Å². The molecule has 6 nitrogen and oxygen atoms in total. The Kier molecular flexibility index (Phi) is 47.6. The zero-order valence-electron chi connectivity index (χ0n) is 42.5. The number of hydrogen-bond acceptors (Lipinski definition) is 6. The van der Waals surface area contributed by atoms with Crippen LogP contribution >= 0.6 is 0 Å². The number of ether oxygens (including phenoxy) is 3. The van der Waals surface area contributed by atoms with E-state index in [0.717, 1.165) is 69.6 Å². The van der Waals surface area contributed by atoms with Crippen LogP contribution in [0.3, 0.4) is 0 Å². The number of carbonyl (C=O) groups is 3. The molecule has 0 aromatic rings. The lowest BCUT2D eigenvalue weighted by atomic mass is 9.99. The van der Waals surface area contributed by atoms with Crippen LogP contribution in [0, 0.1) is 11.8 Å². The van der Waals surface area contributed by atoms with Crippen LogP contribution in [0.25, 0.3) is 0 Å². The van der Waals surface area contributed by atoms with Gasteiger partial charge in [-0.15, -0.1) is 0 Å². The first-order valence-corrected chi connectivity index (χ1v) is 27.8. The van der Waals surface area contributed by atoms with Crippen LogP contribution in [0.2, 0.25) is 0 Å². The third-order valence-corrected chi connectivity index (χ3v) is 13.1. The molecule has 0 aliphatic carbocycles. The van der Waals surface area contributed by atoms with Gasteiger partial charge in [0, 0.05) is 19.3 Å². The Balaban J connectivity index is 4.21. The lowest BCUT2D eigenvalue weighted by Gasteiger charge is -2.18. The van der Waals surface area contributed by atoms with E-state index in [9.17, 15) is 14.4 Å². The highest BCUT2D eigenvalue weighted by atomic mass is 16.6. The van der Waals surface area contributed by atoms with Crippen molar-refractivity contribution in [2.45, 2.75) is 317 Å². The summed E-state index contributed by atoms with van der Waals surface area (Å²) in [5.74, 6) is 0.882. The molecule has 0 aliphatic rings. The summed E-state index contributed by atoms with van der Waals surface area (Å²) in [4.78, 5) is 38.0. The van der Waals surface area contributed by atoms with E-state index >= 15 is 0 Å². The molecule has 0 aromatic heterocycles. The topological polar surface area (TPSA) is 78.9 Å². The zero-order chi connectivity index (χ0) is 45.4. The standard InChI is InChI=1S/C56H108O6/c1-6-8-9-10-11-24-31-36-41-46-54(57)60-49-53(50-61-55(58)47-42-37-32-27-23-22-26-30-35-40-45-52(5)7-2)62-56(59)48-43-38-33-28-21-19-17-15-13-12-14-16-18-20-25-29-34-39-44-51(3)4/h51-53H,6-50H2,1-5H3/t52?,53-/m0/s1. The Bertz CT molecular complexity index is 949. The minimum Gasteiger partial charge on any atom is -0.462 e. The summed E-state index contributed by atoms with van der Waals surface area (Å²) in [6, 6.07) is 0. The van der Waals surface area contributed by atoms with Gasteiger partial charge in [0.2, 0.25) is 0 Å². The van der Waals surface area contributed by atoms with Crippen molar-refractivity contribution in [3.05, 3.63) is 0 Å². The molecule has 0 saturated heterocycles. The second-order valence-electron chi connectivity index (χ2n) is 19.9. The lowest BCUT2D eigenvalue weighted by Crippen LogP contribution is -2.30. The first-order valence-electron chi connectivity index (χ1n) is 27.8. The average Bonchev–Trinajstić information content (AvgIpc) is 3.26. The van der Waals surface area contributed by atoms with Crippen molar-refractivity contribution < 1.29 is 28.6 Å². The Hall–Kier alpha value is -1.59. The fourth-order valence-corrected chi connectivity index (χ4v) is 8.49. The van der Waals surface area contributed by atoms with Gasteiger partial charge in [-0.3, -0.25) is 14.4 Å². The second kappa shape index (κ2) is 48.9. The number of carbonyl (C=O) groups excluding carboxylic acids is 3. The fraction of sp³-hybridized carbons (Fsp3) is 0.946. The van der Waals surface area contributed by atoms with E-state index in [1.807, 2.05) is 0 Å². The molecule has 0 aliphatic heterocycles. The largest absolute Gasteiger partial charge is 0.462 e. The van der Waals surface area contributed by atoms with E-state index in [1.54, 1.807) is 0 Å². The van der Waals surface area contributed by atoms with E-state index in [4.69, 9.17) is 14.2 Å². The first kappa shape index (κ1) is 60.4. The van der Waals surface area contributed by atoms with Crippen molar-refractivity contribution in [2.24, 2.45) is 11.8 Å². The molecule has 6 heteroatoms. The van der Waals surface area contributed by atoms with Crippen molar-refractivity contribution >= 4 is 17.9 Å². The molecule has 0 fully saturated rings. The molecule has 368 valence electrons. The molecule has 0 rings (SSSR count). The number of unbranched alkanes of at least 4 members (excludes halogenated alkanes) is 34. The van der Waals surface area contributed by atoms with Gasteiger partial charge >= 0.3 is 17.9 Å². The summed E-state index contributed by atoms with van der Waals surface area (Å²) in [6.07, 6.45) is 50.9. The van der Waals surface area contributed by atoms with Gasteiger partial charge < -0.3 is 14.2 Å². The van der Waals surface area contributed by atoms with Gasteiger partial charge in [-0.25, -0.2) is 0 Å². The number of esters is 3. The van der Waals surface area contributed by atoms with E-state index in [1.165, 1.54) is 199 Å². The number of rotatable bonds is 50. The van der Waals surface area contributed by atoms with Crippen molar-refractivity contribution in [3.8, 4) is 0 Å². The summed E-state index contributed by atoms with van der Waals surface area (Å²) in [5.41, 5.74) is 0. The molecule has 0 amide bonds. The third kappa shape index (κ3) is 47.9. The van der Waals surface area contributed by atoms with Gasteiger partial charge in [0.1, 0.15) is 13.2 Å². The van der Waals surface area contributed by atoms with Gasteiger partial charge in [0.15, 0.2) is 6.10 Å². The molecule has 0 saturated carbocycles. The van der Waals surface area contributed by atoms with Crippen LogP contribution in [0.5, 0.6) is 0 Å². The molecule has 0 radical (unpaired) electrons. The van der Waals surface area contributed by atoms with Gasteiger partial charge in [0.05, 0.1) is 0 Å². The Labute approximate surface area is 387 Å². The van der Waals surface area contributed by atoms with Gasteiger partial charge in [-0.05, 0) is 31.1 Å². The Morgan fingerprint density at radius 1 is 0.339 bits per heavy atom. The Morgan fingerprint density at radius 3 is 0.919 bits per heavy atom. The van der Waals surface area contributed by atoms with Crippen LogP contribution in [0.15, 0.2) is 0 Å². The molecular formula is C56H108O6. The maximum Gasteiger partial charge on any atom is 0.306 e. The normalized spacial score (nSPS) is 12.5. The molecule has 2 atom stereocenters. The maximum absolute atomic E-state index is 12.8. The number of hydrogen-bond donors (Lipinski definition) is 0. The second-order valence-corrected chi connectivity index (χ2v) is 19.9. The minimum atomic E-state index is -0.761. The van der Waals surface area contributed by atoms with Gasteiger partial charge in [-0.2, -0.15) is 0 Å². The SMILES string of the molecule is CCCCCCCCCCCC(=O)OC[C@@H](COC(=O)CCCCCCCCCCCCC(C)CC)OC(=O)CCCCCCCCCCCCCCCCCCCCC(C)C. The van der Waals surface area contributed by atoms with Crippen LogP contribution < -0.4 is 0 Å². The fourth-order valence-electron chi connectivity index (χ4n) is 8.49. The molecule has 0 spiro atoms. The highest BCUT2D eigenvalue weighted by molar-refractivity contribution is 5.71. The molecule has 0 heterocycles. The highest BCUT2D eigenvalue weighted by Crippen LogP contribution is 2.18. The molecule has 62 heavy (non-hydrogen) atoms. The quantitative estimate of drug-likeness (QED) is 0.0344. The van der Waals surface area contributed by atoms with E-state index in [0.29, 0.717) is 19.3 Å². The third-order valence-electron chi connectivity index (χ3n) is 13.1. The van der Waals surface area contributed by atoms with E-state index in [2.05, 4.69) is 34.6 Å².